The van der Waals surface area contributed by atoms with E-state index in [0.29, 0.717) is 18.1 Å². The van der Waals surface area contributed by atoms with Gasteiger partial charge in [-0.2, -0.15) is 5.10 Å². The average molecular weight is 306 g/mol. The topological polar surface area (TPSA) is 53.1 Å². The number of benzene rings is 1. The molecule has 2 atom stereocenters. The van der Waals surface area contributed by atoms with Crippen molar-refractivity contribution in [1.29, 1.82) is 0 Å². The molecule has 1 aliphatic rings. The second-order valence-corrected chi connectivity index (χ2v) is 5.96. The molecule has 1 aromatic carbocycles. The molecule has 21 heavy (non-hydrogen) atoms. The van der Waals surface area contributed by atoms with Crippen molar-refractivity contribution < 1.29 is 4.74 Å². The van der Waals surface area contributed by atoms with E-state index < -0.39 is 0 Å². The van der Waals surface area contributed by atoms with Gasteiger partial charge in [0.1, 0.15) is 0 Å². The number of aromatic nitrogens is 2. The van der Waals surface area contributed by atoms with E-state index in [1.807, 2.05) is 24.7 Å². The van der Waals surface area contributed by atoms with Crippen molar-refractivity contribution in [2.24, 2.45) is 12.8 Å². The number of hydrogen-bond acceptors (Lipinski definition) is 3. The summed E-state index contributed by atoms with van der Waals surface area (Å²) in [5.41, 5.74) is 10.8. The second kappa shape index (κ2) is 5.79. The van der Waals surface area contributed by atoms with Crippen molar-refractivity contribution in [3.05, 3.63) is 51.8 Å². The van der Waals surface area contributed by atoms with Crippen LogP contribution in [0.2, 0.25) is 5.02 Å². The van der Waals surface area contributed by atoms with E-state index >= 15 is 0 Å². The molecule has 2 unspecified atom stereocenters. The van der Waals surface area contributed by atoms with Crippen molar-refractivity contribution in [1.82, 2.24) is 9.78 Å². The van der Waals surface area contributed by atoms with Crippen LogP contribution in [0.4, 0.5) is 0 Å². The minimum absolute atomic E-state index is 0.0822. The van der Waals surface area contributed by atoms with Gasteiger partial charge in [-0.1, -0.05) is 35.9 Å². The summed E-state index contributed by atoms with van der Waals surface area (Å²) in [6.45, 7) is 2.62. The van der Waals surface area contributed by atoms with Crippen molar-refractivity contribution in [3.63, 3.8) is 0 Å². The molecular formula is C16H20ClN3O. The summed E-state index contributed by atoms with van der Waals surface area (Å²) >= 11 is 6.32. The summed E-state index contributed by atoms with van der Waals surface area (Å²) in [4.78, 5) is 0. The molecule has 5 heteroatoms. The molecule has 1 aliphatic heterocycles. The number of nitrogens with two attached hydrogens (primary N) is 1. The molecule has 1 aromatic heterocycles. The Labute approximate surface area is 129 Å². The number of rotatable bonds is 3. The zero-order chi connectivity index (χ0) is 15.0. The monoisotopic (exact) mass is 305 g/mol. The maximum Gasteiger partial charge on any atom is 0.0982 e. The lowest BCUT2D eigenvalue weighted by Gasteiger charge is -2.30. The molecule has 4 nitrogen and oxygen atoms in total. The first-order valence-corrected chi connectivity index (χ1v) is 7.58. The lowest BCUT2D eigenvalue weighted by molar-refractivity contribution is 0.0243. The summed E-state index contributed by atoms with van der Waals surface area (Å²) < 4.78 is 7.74. The molecule has 3 rings (SSSR count). The molecule has 0 amide bonds. The first kappa shape index (κ1) is 14.6. The first-order chi connectivity index (χ1) is 10.1. The maximum atomic E-state index is 6.42. The smallest absolute Gasteiger partial charge is 0.0982 e. The van der Waals surface area contributed by atoms with Gasteiger partial charge in [-0.25, -0.2) is 0 Å². The average Bonchev–Trinajstić information content (AvgIpc) is 2.73. The Balaban J connectivity index is 1.85. The number of nitrogens with zero attached hydrogens (tertiary/aromatic N) is 2. The van der Waals surface area contributed by atoms with Crippen LogP contribution in [0, 0.1) is 6.92 Å². The van der Waals surface area contributed by atoms with Crippen LogP contribution in [-0.2, 0) is 24.6 Å². The van der Waals surface area contributed by atoms with E-state index in [1.54, 1.807) is 0 Å². The zero-order valence-corrected chi connectivity index (χ0v) is 13.1. The van der Waals surface area contributed by atoms with Crippen LogP contribution in [0.1, 0.15) is 28.6 Å². The number of halogens is 1. The molecule has 0 saturated heterocycles. The van der Waals surface area contributed by atoms with Crippen LogP contribution < -0.4 is 5.73 Å². The summed E-state index contributed by atoms with van der Waals surface area (Å²) in [5.74, 6) is 0. The Kier molecular flexibility index (Phi) is 4.02. The third kappa shape index (κ3) is 2.71. The summed E-state index contributed by atoms with van der Waals surface area (Å²) in [5, 5.41) is 5.05. The van der Waals surface area contributed by atoms with Crippen LogP contribution >= 0.6 is 11.6 Å². The van der Waals surface area contributed by atoms with Crippen LogP contribution in [0.3, 0.4) is 0 Å². The Morgan fingerprint density at radius 1 is 1.48 bits per heavy atom. The quantitative estimate of drug-likeness (QED) is 0.948. The molecule has 2 heterocycles. The van der Waals surface area contributed by atoms with Gasteiger partial charge in [-0.15, -0.1) is 0 Å². The van der Waals surface area contributed by atoms with Crippen LogP contribution in [0.15, 0.2) is 24.3 Å². The van der Waals surface area contributed by atoms with Gasteiger partial charge in [0, 0.05) is 19.5 Å². The third-order valence-electron chi connectivity index (χ3n) is 4.11. The van der Waals surface area contributed by atoms with E-state index in [-0.39, 0.29) is 12.1 Å². The van der Waals surface area contributed by atoms with Gasteiger partial charge in [0.2, 0.25) is 0 Å². The van der Waals surface area contributed by atoms with Crippen molar-refractivity contribution in [3.8, 4) is 0 Å². The Bertz CT molecular complexity index is 653. The Hall–Kier alpha value is -1.36. The molecule has 0 radical (unpaired) electrons. The van der Waals surface area contributed by atoms with E-state index in [1.165, 1.54) is 11.1 Å². The van der Waals surface area contributed by atoms with Gasteiger partial charge >= 0.3 is 0 Å². The fourth-order valence-corrected chi connectivity index (χ4v) is 3.25. The van der Waals surface area contributed by atoms with E-state index in [4.69, 9.17) is 22.1 Å². The van der Waals surface area contributed by atoms with Crippen LogP contribution in [-0.4, -0.2) is 22.4 Å². The first-order valence-electron chi connectivity index (χ1n) is 7.21. The van der Waals surface area contributed by atoms with Gasteiger partial charge in [-0.05, 0) is 24.5 Å². The molecular weight excluding hydrogens is 286 g/mol. The molecule has 2 aromatic rings. The van der Waals surface area contributed by atoms with Gasteiger partial charge in [0.15, 0.2) is 0 Å². The molecule has 0 spiro atoms. The predicted octanol–water partition coefficient (Wildman–Crippen LogP) is 2.57. The minimum Gasteiger partial charge on any atom is -0.372 e. The van der Waals surface area contributed by atoms with Crippen LogP contribution in [0.25, 0.3) is 0 Å². The summed E-state index contributed by atoms with van der Waals surface area (Å²) in [7, 11) is 1.90. The fourth-order valence-electron chi connectivity index (χ4n) is 3.01. The largest absolute Gasteiger partial charge is 0.372 e. The molecule has 0 fully saturated rings. The third-order valence-corrected chi connectivity index (χ3v) is 4.60. The van der Waals surface area contributed by atoms with Gasteiger partial charge < -0.3 is 10.5 Å². The lowest BCUT2D eigenvalue weighted by atomic mass is 9.91. The Morgan fingerprint density at radius 3 is 2.95 bits per heavy atom. The highest BCUT2D eigenvalue weighted by atomic mass is 35.5. The van der Waals surface area contributed by atoms with Crippen molar-refractivity contribution in [2.75, 3.05) is 6.61 Å². The highest BCUT2D eigenvalue weighted by molar-refractivity contribution is 6.31. The fraction of sp³-hybridized carbons (Fsp3) is 0.438. The maximum absolute atomic E-state index is 6.42. The van der Waals surface area contributed by atoms with E-state index in [0.717, 1.165) is 17.8 Å². The van der Waals surface area contributed by atoms with Gasteiger partial charge in [-0.3, -0.25) is 4.68 Å². The molecule has 2 N–H and O–H groups in total. The summed E-state index contributed by atoms with van der Waals surface area (Å²) in [6, 6.07) is 8.22. The highest BCUT2D eigenvalue weighted by Crippen LogP contribution is 2.31. The molecule has 0 aliphatic carbocycles. The van der Waals surface area contributed by atoms with Crippen LogP contribution in [0.5, 0.6) is 0 Å². The molecule has 112 valence electrons. The Morgan fingerprint density at radius 2 is 2.24 bits per heavy atom. The normalized spacial score (nSPS) is 19.3. The van der Waals surface area contributed by atoms with Gasteiger partial charge in [0.05, 0.1) is 29.1 Å². The van der Waals surface area contributed by atoms with E-state index in [9.17, 15) is 0 Å². The standard InChI is InChI=1S/C16H20ClN3O/c1-10-15(17)14(20(2)19-10)9-13(18)16-12-6-4-3-5-11(12)7-8-21-16/h3-6,13,16H,7-9,18H2,1-2H3. The zero-order valence-electron chi connectivity index (χ0n) is 12.3. The highest BCUT2D eigenvalue weighted by Gasteiger charge is 2.28. The predicted molar refractivity (Wildman–Crippen MR) is 83.5 cm³/mol. The second-order valence-electron chi connectivity index (χ2n) is 5.58. The number of hydrogen-bond donors (Lipinski definition) is 1. The number of aryl methyl sites for hydroxylation is 2. The summed E-state index contributed by atoms with van der Waals surface area (Å²) in [6.07, 6.45) is 1.52. The molecule has 0 bridgehead atoms. The van der Waals surface area contributed by atoms with E-state index in [2.05, 4.69) is 23.3 Å². The minimum atomic E-state index is -0.140. The molecule has 0 saturated carbocycles. The van der Waals surface area contributed by atoms with Crippen molar-refractivity contribution >= 4 is 11.6 Å². The van der Waals surface area contributed by atoms with Crippen molar-refractivity contribution in [2.45, 2.75) is 31.9 Å². The lowest BCUT2D eigenvalue weighted by Crippen LogP contribution is -2.36. The van der Waals surface area contributed by atoms with Gasteiger partial charge in [0.25, 0.3) is 0 Å². The number of fused-ring (bicyclic) bond motifs is 1. The number of ether oxygens (including phenoxy) is 1. The SMILES string of the molecule is Cc1nn(C)c(CC(N)C2OCCc3ccccc32)c1Cl.